The van der Waals surface area contributed by atoms with E-state index in [4.69, 9.17) is 25.4 Å². The van der Waals surface area contributed by atoms with Crippen LogP contribution in [-0.4, -0.2) is 52.2 Å². The van der Waals surface area contributed by atoms with E-state index in [9.17, 15) is 19.2 Å². The minimum atomic E-state index is -1.06. The van der Waals surface area contributed by atoms with Crippen LogP contribution in [0, 0.1) is 0 Å². The van der Waals surface area contributed by atoms with E-state index in [0.717, 1.165) is 11.1 Å². The number of carboxylic acid groups (broad SMARTS) is 2. The zero-order chi connectivity index (χ0) is 32.1. The number of carbonyl (C=O) groups excluding carboxylic acids is 2. The molecule has 0 spiro atoms. The lowest BCUT2D eigenvalue weighted by Crippen LogP contribution is -2.39. The molecule has 0 bridgehead atoms. The summed E-state index contributed by atoms with van der Waals surface area (Å²) < 4.78 is 13.8. The van der Waals surface area contributed by atoms with Crippen molar-refractivity contribution in [3.63, 3.8) is 0 Å². The van der Waals surface area contributed by atoms with Gasteiger partial charge in [0.05, 0.1) is 5.41 Å². The van der Waals surface area contributed by atoms with E-state index in [1.807, 2.05) is 55.5 Å². The predicted molar refractivity (Wildman–Crippen MR) is 156 cm³/mol. The average Bonchev–Trinajstić information content (AvgIpc) is 2.86. The van der Waals surface area contributed by atoms with Crippen LogP contribution in [0.2, 0.25) is 0 Å². The summed E-state index contributed by atoms with van der Waals surface area (Å²) in [5.74, 6) is -1.65. The smallest absolute Gasteiger partial charge is 0.481 e. The van der Waals surface area contributed by atoms with Gasteiger partial charge in [0.2, 0.25) is 0 Å². The first-order valence-electron chi connectivity index (χ1n) is 13.1. The molecule has 0 radical (unpaired) electrons. The standard InChI is InChI=1S/C11H14O2.C10H13NO2.C10H18O5/c1-3-11(2,10(12)13)9-7-5-4-6-8-9;1-10(7-11,9(12)13)8-5-3-2-4-6-8;1-9(2,3)14-7(11)13-8(12)15-10(4,5)6/h4-8H,3H2,1-2H3,(H,12,13);2-6H,7,11H2,1H3,(H,12,13);1-6H3. The summed E-state index contributed by atoms with van der Waals surface area (Å²) in [6, 6.07) is 18.4. The summed E-state index contributed by atoms with van der Waals surface area (Å²) in [5.41, 5.74) is 3.96. The van der Waals surface area contributed by atoms with Gasteiger partial charge in [0.25, 0.3) is 0 Å². The minimum Gasteiger partial charge on any atom is -0.481 e. The van der Waals surface area contributed by atoms with Crippen molar-refractivity contribution in [3.8, 4) is 0 Å². The highest BCUT2D eigenvalue weighted by Gasteiger charge is 2.33. The maximum atomic E-state index is 11.1. The van der Waals surface area contributed by atoms with Crippen LogP contribution in [0.25, 0.3) is 0 Å². The van der Waals surface area contributed by atoms with Crippen LogP contribution >= 0.6 is 0 Å². The molecule has 10 nitrogen and oxygen atoms in total. The summed E-state index contributed by atoms with van der Waals surface area (Å²) in [4.78, 5) is 44.0. The topological polar surface area (TPSA) is 162 Å². The van der Waals surface area contributed by atoms with Gasteiger partial charge < -0.3 is 30.2 Å². The molecule has 0 aliphatic rings. The number of aliphatic carboxylic acids is 2. The Morgan fingerprint density at radius 1 is 0.634 bits per heavy atom. The van der Waals surface area contributed by atoms with E-state index < -0.39 is 46.3 Å². The van der Waals surface area contributed by atoms with Gasteiger partial charge in [0.15, 0.2) is 0 Å². The van der Waals surface area contributed by atoms with Gasteiger partial charge in [-0.3, -0.25) is 9.59 Å². The number of carboxylic acids is 2. The highest BCUT2D eigenvalue weighted by Crippen LogP contribution is 2.27. The Morgan fingerprint density at radius 2 is 0.951 bits per heavy atom. The molecule has 0 aromatic heterocycles. The Hall–Kier alpha value is -3.92. The van der Waals surface area contributed by atoms with Crippen LogP contribution in [-0.2, 0) is 34.6 Å². The average molecular weight is 576 g/mol. The molecule has 41 heavy (non-hydrogen) atoms. The summed E-state index contributed by atoms with van der Waals surface area (Å²) in [5, 5.41) is 18.1. The van der Waals surface area contributed by atoms with Crippen LogP contribution in [0.5, 0.6) is 0 Å². The predicted octanol–water partition coefficient (Wildman–Crippen LogP) is 6.30. The maximum absolute atomic E-state index is 11.1. The van der Waals surface area contributed by atoms with Gasteiger partial charge in [-0.25, -0.2) is 9.59 Å². The Labute approximate surface area is 242 Å². The van der Waals surface area contributed by atoms with Gasteiger partial charge in [0, 0.05) is 6.54 Å². The van der Waals surface area contributed by atoms with Gasteiger partial charge in [-0.2, -0.15) is 0 Å². The molecule has 0 heterocycles. The van der Waals surface area contributed by atoms with Crippen LogP contribution in [0.15, 0.2) is 60.7 Å². The Bertz CT molecular complexity index is 1030. The fraction of sp³-hybridized carbons (Fsp3) is 0.484. The number of carbonyl (C=O) groups is 4. The molecule has 0 saturated heterocycles. The normalized spacial score (nSPS) is 13.8. The van der Waals surface area contributed by atoms with Gasteiger partial charge in [-0.15, -0.1) is 0 Å². The summed E-state index contributed by atoms with van der Waals surface area (Å²) in [6.45, 7) is 15.4. The lowest BCUT2D eigenvalue weighted by Gasteiger charge is -2.23. The number of hydrogen-bond donors (Lipinski definition) is 3. The summed E-state index contributed by atoms with van der Waals surface area (Å²) in [6.07, 6.45) is -1.51. The lowest BCUT2D eigenvalue weighted by molar-refractivity contribution is -0.144. The number of hydrogen-bond acceptors (Lipinski definition) is 8. The monoisotopic (exact) mass is 575 g/mol. The van der Waals surface area contributed by atoms with Gasteiger partial charge in [-0.1, -0.05) is 67.6 Å². The molecule has 2 aromatic rings. The van der Waals surface area contributed by atoms with Crippen LogP contribution in [0.3, 0.4) is 0 Å². The summed E-state index contributed by atoms with van der Waals surface area (Å²) >= 11 is 0. The Balaban J connectivity index is 0.000000587. The highest BCUT2D eigenvalue weighted by molar-refractivity contribution is 5.81. The number of ether oxygens (including phenoxy) is 3. The first-order valence-corrected chi connectivity index (χ1v) is 13.1. The third-order valence-electron chi connectivity index (χ3n) is 5.83. The van der Waals surface area contributed by atoms with Gasteiger partial charge in [0.1, 0.15) is 16.6 Å². The SMILES string of the molecule is CC(C)(C)OC(=O)OC(=O)OC(C)(C)C.CC(CN)(C(=O)O)c1ccccc1.CCC(C)(C(=O)O)c1ccccc1. The van der Waals surface area contributed by atoms with E-state index in [2.05, 4.69) is 4.74 Å². The Morgan fingerprint density at radius 3 is 1.20 bits per heavy atom. The molecule has 2 atom stereocenters. The van der Waals surface area contributed by atoms with Gasteiger partial charge in [-0.05, 0) is 72.9 Å². The van der Waals surface area contributed by atoms with Crippen molar-refractivity contribution in [2.24, 2.45) is 5.73 Å². The van der Waals surface area contributed by atoms with Crippen molar-refractivity contribution in [1.82, 2.24) is 0 Å². The molecular weight excluding hydrogens is 530 g/mol. The van der Waals surface area contributed by atoms with Crippen molar-refractivity contribution >= 4 is 24.2 Å². The van der Waals surface area contributed by atoms with Crippen molar-refractivity contribution in [1.29, 1.82) is 0 Å². The first kappa shape index (κ1) is 37.1. The van der Waals surface area contributed by atoms with E-state index in [-0.39, 0.29) is 6.54 Å². The van der Waals surface area contributed by atoms with E-state index in [1.54, 1.807) is 67.5 Å². The molecule has 228 valence electrons. The highest BCUT2D eigenvalue weighted by atomic mass is 16.8. The van der Waals surface area contributed by atoms with E-state index >= 15 is 0 Å². The molecule has 0 fully saturated rings. The van der Waals surface area contributed by atoms with Crippen LogP contribution < -0.4 is 5.73 Å². The minimum absolute atomic E-state index is 0.104. The van der Waals surface area contributed by atoms with Crippen molar-refractivity contribution in [3.05, 3.63) is 71.8 Å². The molecule has 0 amide bonds. The second-order valence-corrected chi connectivity index (χ2v) is 11.6. The molecular formula is C31H45NO9. The molecule has 2 aromatic carbocycles. The molecule has 10 heteroatoms. The zero-order valence-corrected chi connectivity index (χ0v) is 25.5. The molecule has 4 N–H and O–H groups in total. The number of benzene rings is 2. The fourth-order valence-corrected chi connectivity index (χ4v) is 3.03. The van der Waals surface area contributed by atoms with Gasteiger partial charge >= 0.3 is 24.2 Å². The van der Waals surface area contributed by atoms with Crippen molar-refractivity contribution < 1.29 is 43.6 Å². The molecule has 0 aliphatic carbocycles. The quantitative estimate of drug-likeness (QED) is 0.263. The third kappa shape index (κ3) is 13.3. The largest absolute Gasteiger partial charge is 0.519 e. The van der Waals surface area contributed by atoms with Crippen LogP contribution in [0.1, 0.15) is 79.9 Å². The Kier molecular flexibility index (Phi) is 14.3. The molecule has 0 saturated carbocycles. The number of nitrogens with two attached hydrogens (primary N) is 1. The number of rotatable bonds is 6. The summed E-state index contributed by atoms with van der Waals surface area (Å²) in [7, 11) is 0. The first-order chi connectivity index (χ1) is 18.7. The molecule has 0 aliphatic heterocycles. The van der Waals surface area contributed by atoms with Crippen LogP contribution in [0.4, 0.5) is 9.59 Å². The zero-order valence-electron chi connectivity index (χ0n) is 25.5. The van der Waals surface area contributed by atoms with Crippen molar-refractivity contribution in [2.45, 2.75) is 90.8 Å². The fourth-order valence-electron chi connectivity index (χ4n) is 3.03. The molecule has 2 unspecified atom stereocenters. The maximum Gasteiger partial charge on any atom is 0.519 e. The van der Waals surface area contributed by atoms with E-state index in [0.29, 0.717) is 6.42 Å². The lowest BCUT2D eigenvalue weighted by atomic mass is 9.80. The second-order valence-electron chi connectivity index (χ2n) is 11.6. The second kappa shape index (κ2) is 15.8. The van der Waals surface area contributed by atoms with Crippen molar-refractivity contribution in [2.75, 3.05) is 6.54 Å². The third-order valence-corrected chi connectivity index (χ3v) is 5.83. The molecule has 2 rings (SSSR count). The van der Waals surface area contributed by atoms with E-state index in [1.165, 1.54) is 0 Å².